The van der Waals surface area contributed by atoms with Gasteiger partial charge in [0.05, 0.1) is 6.10 Å². The molecule has 1 heterocycles. The molecule has 2 nitrogen and oxygen atoms in total. The molecule has 0 spiro atoms. The Morgan fingerprint density at radius 1 is 1.11 bits per heavy atom. The molecule has 1 aliphatic heterocycles. The first-order valence-electron chi connectivity index (χ1n) is 6.86. The maximum absolute atomic E-state index is 10.0. The van der Waals surface area contributed by atoms with Crippen molar-refractivity contribution < 1.29 is 5.11 Å². The summed E-state index contributed by atoms with van der Waals surface area (Å²) in [4.78, 5) is 2.40. The molecule has 0 radical (unpaired) electrons. The number of β-amino-alcohol motifs (C(OH)–C–C–N with tert-alkyl or cyclic N) is 1. The molecule has 4 heteroatoms. The van der Waals surface area contributed by atoms with E-state index in [0.29, 0.717) is 0 Å². The fourth-order valence-corrected chi connectivity index (χ4v) is 3.30. The molecule has 1 atom stereocenters. The van der Waals surface area contributed by atoms with Crippen LogP contribution in [-0.4, -0.2) is 41.5 Å². The minimum Gasteiger partial charge on any atom is -0.391 e. The van der Waals surface area contributed by atoms with Crippen LogP contribution < -0.4 is 0 Å². The second-order valence-electron chi connectivity index (χ2n) is 5.02. The number of thioether (sulfide) groups is 1. The van der Waals surface area contributed by atoms with Crippen LogP contribution >= 0.6 is 24.2 Å². The van der Waals surface area contributed by atoms with Gasteiger partial charge in [0.15, 0.2) is 0 Å². The number of likely N-dealkylation sites (tertiary alicyclic amines) is 1. The fraction of sp³-hybridized carbons (Fsp3) is 0.600. The van der Waals surface area contributed by atoms with Crippen LogP contribution in [0.3, 0.4) is 0 Å². The molecule has 1 unspecified atom stereocenters. The van der Waals surface area contributed by atoms with Crippen molar-refractivity contribution in [3.63, 3.8) is 0 Å². The largest absolute Gasteiger partial charge is 0.391 e. The molecule has 0 amide bonds. The summed E-state index contributed by atoms with van der Waals surface area (Å²) in [6.07, 6.45) is 3.76. The normalized spacial score (nSPS) is 17.7. The minimum atomic E-state index is -0.184. The summed E-state index contributed by atoms with van der Waals surface area (Å²) >= 11 is 1.83. The molecular weight excluding hydrogens is 278 g/mol. The van der Waals surface area contributed by atoms with Crippen molar-refractivity contribution in [2.75, 3.05) is 25.4 Å². The molecule has 1 fully saturated rings. The van der Waals surface area contributed by atoms with Crippen LogP contribution in [-0.2, 0) is 5.75 Å². The lowest BCUT2D eigenvalue weighted by atomic mass is 10.1. The van der Waals surface area contributed by atoms with Gasteiger partial charge in [0, 0.05) is 18.1 Å². The zero-order valence-electron chi connectivity index (χ0n) is 11.3. The maximum Gasteiger partial charge on any atom is 0.0757 e. The lowest BCUT2D eigenvalue weighted by Crippen LogP contribution is -2.37. The lowest BCUT2D eigenvalue weighted by Gasteiger charge is -2.28. The molecule has 1 aromatic carbocycles. The smallest absolute Gasteiger partial charge is 0.0757 e. The van der Waals surface area contributed by atoms with Crippen molar-refractivity contribution in [2.24, 2.45) is 0 Å². The van der Waals surface area contributed by atoms with E-state index in [1.807, 2.05) is 17.8 Å². The van der Waals surface area contributed by atoms with Crippen LogP contribution in [0.15, 0.2) is 30.3 Å². The summed E-state index contributed by atoms with van der Waals surface area (Å²) in [5.41, 5.74) is 1.34. The molecule has 1 saturated heterocycles. The third-order valence-electron chi connectivity index (χ3n) is 3.34. The molecule has 1 aliphatic rings. The number of hydrogen-bond acceptors (Lipinski definition) is 3. The van der Waals surface area contributed by atoms with Gasteiger partial charge in [-0.15, -0.1) is 12.4 Å². The average molecular weight is 302 g/mol. The van der Waals surface area contributed by atoms with Crippen molar-refractivity contribution in [3.05, 3.63) is 35.9 Å². The van der Waals surface area contributed by atoms with E-state index in [0.717, 1.165) is 18.1 Å². The molecule has 0 aromatic heterocycles. The summed E-state index contributed by atoms with van der Waals surface area (Å²) in [5.74, 6) is 1.84. The van der Waals surface area contributed by atoms with Gasteiger partial charge in [-0.05, 0) is 31.5 Å². The van der Waals surface area contributed by atoms with E-state index >= 15 is 0 Å². The Morgan fingerprint density at radius 2 is 1.79 bits per heavy atom. The number of piperidine rings is 1. The first-order chi connectivity index (χ1) is 8.84. The molecule has 1 N–H and O–H groups in total. The molecule has 0 saturated carbocycles. The molecule has 1 aromatic rings. The topological polar surface area (TPSA) is 23.5 Å². The number of nitrogens with zero attached hydrogens (tertiary/aromatic N) is 1. The van der Waals surface area contributed by atoms with E-state index in [4.69, 9.17) is 0 Å². The number of rotatable bonds is 6. The van der Waals surface area contributed by atoms with Gasteiger partial charge < -0.3 is 10.0 Å². The fourth-order valence-electron chi connectivity index (χ4n) is 2.38. The summed E-state index contributed by atoms with van der Waals surface area (Å²) < 4.78 is 0. The molecular formula is C15H24ClNOS. The van der Waals surface area contributed by atoms with E-state index in [9.17, 15) is 5.11 Å². The maximum atomic E-state index is 10.0. The predicted octanol–water partition coefficient (Wildman–Crippen LogP) is 3.19. The summed E-state index contributed by atoms with van der Waals surface area (Å²) in [6.45, 7) is 3.18. The van der Waals surface area contributed by atoms with Crippen LogP contribution in [0.1, 0.15) is 24.8 Å². The summed E-state index contributed by atoms with van der Waals surface area (Å²) in [6, 6.07) is 10.5. The highest BCUT2D eigenvalue weighted by Crippen LogP contribution is 2.14. The average Bonchev–Trinajstić information content (AvgIpc) is 2.41. The first kappa shape index (κ1) is 16.8. The zero-order chi connectivity index (χ0) is 12.6. The Labute approximate surface area is 127 Å². The van der Waals surface area contributed by atoms with Crippen LogP contribution in [0.4, 0.5) is 0 Å². The molecule has 0 aliphatic carbocycles. The van der Waals surface area contributed by atoms with Gasteiger partial charge >= 0.3 is 0 Å². The van der Waals surface area contributed by atoms with Crippen molar-refractivity contribution >= 4 is 24.2 Å². The van der Waals surface area contributed by atoms with Gasteiger partial charge in [-0.25, -0.2) is 0 Å². The summed E-state index contributed by atoms with van der Waals surface area (Å²) in [5, 5.41) is 10.0. The van der Waals surface area contributed by atoms with Crippen molar-refractivity contribution in [1.82, 2.24) is 4.90 Å². The zero-order valence-corrected chi connectivity index (χ0v) is 13.0. The van der Waals surface area contributed by atoms with Crippen LogP contribution in [0.25, 0.3) is 0 Å². The number of benzene rings is 1. The van der Waals surface area contributed by atoms with Crippen LogP contribution in [0.5, 0.6) is 0 Å². The van der Waals surface area contributed by atoms with E-state index in [1.54, 1.807) is 0 Å². The second kappa shape index (κ2) is 9.65. The standard InChI is InChI=1S/C15H23NOS.ClH/c17-15(11-16-9-5-2-6-10-16)13-18-12-14-7-3-1-4-8-14;/h1,3-4,7-8,15,17H,2,5-6,9-13H2;1H. The number of halogens is 1. The first-order valence-corrected chi connectivity index (χ1v) is 8.02. The third kappa shape index (κ3) is 6.66. The third-order valence-corrected chi connectivity index (χ3v) is 4.50. The van der Waals surface area contributed by atoms with E-state index in [2.05, 4.69) is 29.2 Å². The Hall–Kier alpha value is -0.220. The van der Waals surface area contributed by atoms with Crippen LogP contribution in [0, 0.1) is 0 Å². The van der Waals surface area contributed by atoms with Gasteiger partial charge in [-0.2, -0.15) is 11.8 Å². The number of aliphatic hydroxyl groups is 1. The molecule has 0 bridgehead atoms. The van der Waals surface area contributed by atoms with Gasteiger partial charge in [-0.3, -0.25) is 0 Å². The van der Waals surface area contributed by atoms with Crippen molar-refractivity contribution in [3.8, 4) is 0 Å². The quantitative estimate of drug-likeness (QED) is 0.873. The van der Waals surface area contributed by atoms with Crippen molar-refractivity contribution in [1.29, 1.82) is 0 Å². The van der Waals surface area contributed by atoms with Gasteiger partial charge in [0.25, 0.3) is 0 Å². The van der Waals surface area contributed by atoms with Crippen molar-refractivity contribution in [2.45, 2.75) is 31.1 Å². The highest BCUT2D eigenvalue weighted by Gasteiger charge is 2.14. The minimum absolute atomic E-state index is 0. The molecule has 108 valence electrons. The molecule has 19 heavy (non-hydrogen) atoms. The predicted molar refractivity (Wildman–Crippen MR) is 86.1 cm³/mol. The lowest BCUT2D eigenvalue weighted by molar-refractivity contribution is 0.117. The Kier molecular flexibility index (Phi) is 8.55. The number of hydrogen-bond donors (Lipinski definition) is 1. The number of aliphatic hydroxyl groups excluding tert-OH is 1. The van der Waals surface area contributed by atoms with Crippen LogP contribution in [0.2, 0.25) is 0 Å². The van der Waals surface area contributed by atoms with Gasteiger partial charge in [0.2, 0.25) is 0 Å². The Balaban J connectivity index is 0.00000180. The van der Waals surface area contributed by atoms with Gasteiger partial charge in [-0.1, -0.05) is 36.8 Å². The summed E-state index contributed by atoms with van der Waals surface area (Å²) in [7, 11) is 0. The van der Waals surface area contributed by atoms with E-state index in [1.165, 1.54) is 37.9 Å². The highest BCUT2D eigenvalue weighted by atomic mass is 35.5. The molecule has 2 rings (SSSR count). The highest BCUT2D eigenvalue weighted by molar-refractivity contribution is 7.98. The Bertz CT molecular complexity index is 330. The van der Waals surface area contributed by atoms with E-state index in [-0.39, 0.29) is 18.5 Å². The van der Waals surface area contributed by atoms with E-state index < -0.39 is 0 Å². The Morgan fingerprint density at radius 3 is 2.47 bits per heavy atom. The van der Waals surface area contributed by atoms with Gasteiger partial charge in [0.1, 0.15) is 0 Å². The second-order valence-corrected chi connectivity index (χ2v) is 6.05. The monoisotopic (exact) mass is 301 g/mol. The SMILES string of the molecule is Cl.OC(CSCc1ccccc1)CN1CCCCC1.